The zero-order chi connectivity index (χ0) is 11.9. The minimum atomic E-state index is -1.93. The second kappa shape index (κ2) is 3.51. The number of hydrogen-bond acceptors (Lipinski definition) is 3. The third kappa shape index (κ3) is 1.40. The molecular weight excluding hydrogens is 228 g/mol. The monoisotopic (exact) mass is 232 g/mol. The predicted molar refractivity (Wildman–Crippen MR) is 46.2 cm³/mol. The van der Waals surface area contributed by atoms with Crippen molar-refractivity contribution in [3.63, 3.8) is 0 Å². The zero-order valence-corrected chi connectivity index (χ0v) is 7.60. The Bertz CT molecular complexity index is 553. The van der Waals surface area contributed by atoms with Gasteiger partial charge in [-0.3, -0.25) is 0 Å². The van der Waals surface area contributed by atoms with Gasteiger partial charge in [-0.1, -0.05) is 5.16 Å². The number of benzene rings is 1. The molecule has 0 amide bonds. The Hall–Kier alpha value is -2.05. The van der Waals surface area contributed by atoms with Crippen molar-refractivity contribution in [1.82, 2.24) is 5.16 Å². The molecule has 0 saturated heterocycles. The normalized spacial score (nSPS) is 10.8. The lowest BCUT2D eigenvalue weighted by Gasteiger charge is -2.03. The molecule has 3 nitrogen and oxygen atoms in total. The first-order valence-electron chi connectivity index (χ1n) is 4.06. The fourth-order valence-electron chi connectivity index (χ4n) is 1.19. The molecule has 2 aromatic rings. The van der Waals surface area contributed by atoms with Crippen LogP contribution in [0.25, 0.3) is 11.3 Å². The lowest BCUT2D eigenvalue weighted by Crippen LogP contribution is -1.99. The summed E-state index contributed by atoms with van der Waals surface area (Å²) in [6.45, 7) is 0. The maximum atomic E-state index is 13.3. The van der Waals surface area contributed by atoms with Gasteiger partial charge in [0.25, 0.3) is 0 Å². The molecule has 0 saturated carbocycles. The first-order chi connectivity index (χ1) is 7.52. The summed E-state index contributed by atoms with van der Waals surface area (Å²) in [5, 5.41) is 3.22. The molecule has 1 heterocycles. The quantitative estimate of drug-likeness (QED) is 0.466. The SMILES string of the molecule is Nc1cnoc1-c1cc(F)c(F)c(F)c1F. The summed E-state index contributed by atoms with van der Waals surface area (Å²) < 4.78 is 56.2. The average Bonchev–Trinajstić information content (AvgIpc) is 2.67. The van der Waals surface area contributed by atoms with E-state index in [9.17, 15) is 17.6 Å². The van der Waals surface area contributed by atoms with Crippen molar-refractivity contribution in [1.29, 1.82) is 0 Å². The summed E-state index contributed by atoms with van der Waals surface area (Å²) in [6, 6.07) is 0.449. The molecule has 0 aliphatic heterocycles. The van der Waals surface area contributed by atoms with Gasteiger partial charge in [-0.2, -0.15) is 0 Å². The molecule has 7 heteroatoms. The van der Waals surface area contributed by atoms with Gasteiger partial charge in [0.1, 0.15) is 5.69 Å². The van der Waals surface area contributed by atoms with Crippen molar-refractivity contribution in [3.8, 4) is 11.3 Å². The van der Waals surface area contributed by atoms with Crippen LogP contribution >= 0.6 is 0 Å². The lowest BCUT2D eigenvalue weighted by molar-refractivity contribution is 0.401. The molecule has 0 unspecified atom stereocenters. The largest absolute Gasteiger partial charge is 0.394 e. The van der Waals surface area contributed by atoms with Crippen LogP contribution in [0.3, 0.4) is 0 Å². The third-order valence-electron chi connectivity index (χ3n) is 1.95. The van der Waals surface area contributed by atoms with E-state index in [0.717, 1.165) is 6.20 Å². The van der Waals surface area contributed by atoms with Gasteiger partial charge in [-0.05, 0) is 6.07 Å². The molecular formula is C9H4F4N2O. The summed E-state index contributed by atoms with van der Waals surface area (Å²) in [4.78, 5) is 0. The number of nitrogens with zero attached hydrogens (tertiary/aromatic N) is 1. The molecule has 0 aliphatic rings. The molecule has 0 atom stereocenters. The highest BCUT2D eigenvalue weighted by Crippen LogP contribution is 2.31. The predicted octanol–water partition coefficient (Wildman–Crippen LogP) is 2.48. The van der Waals surface area contributed by atoms with Crippen LogP contribution in [-0.2, 0) is 0 Å². The third-order valence-corrected chi connectivity index (χ3v) is 1.95. The summed E-state index contributed by atoms with van der Waals surface area (Å²) in [7, 11) is 0. The van der Waals surface area contributed by atoms with Crippen LogP contribution in [0.4, 0.5) is 23.2 Å². The molecule has 1 aromatic carbocycles. The molecule has 0 aliphatic carbocycles. The Morgan fingerprint density at radius 2 is 1.75 bits per heavy atom. The second-order valence-electron chi connectivity index (χ2n) is 2.96. The van der Waals surface area contributed by atoms with Crippen molar-refractivity contribution in [3.05, 3.63) is 35.5 Å². The molecule has 2 N–H and O–H groups in total. The van der Waals surface area contributed by atoms with Crippen LogP contribution in [0.5, 0.6) is 0 Å². The second-order valence-corrected chi connectivity index (χ2v) is 2.96. The van der Waals surface area contributed by atoms with Crippen molar-refractivity contribution in [2.75, 3.05) is 5.73 Å². The molecule has 2 rings (SSSR count). The Morgan fingerprint density at radius 1 is 1.06 bits per heavy atom. The maximum absolute atomic E-state index is 13.3. The molecule has 0 spiro atoms. The van der Waals surface area contributed by atoms with Crippen molar-refractivity contribution >= 4 is 5.69 Å². The number of halogens is 4. The molecule has 0 bridgehead atoms. The highest BCUT2D eigenvalue weighted by atomic mass is 19.2. The van der Waals surface area contributed by atoms with Gasteiger partial charge in [-0.15, -0.1) is 0 Å². The van der Waals surface area contributed by atoms with E-state index in [-0.39, 0.29) is 11.4 Å². The van der Waals surface area contributed by atoms with Gasteiger partial charge in [0, 0.05) is 0 Å². The number of nitrogen functional groups attached to an aromatic ring is 1. The molecule has 0 radical (unpaired) electrons. The fourth-order valence-corrected chi connectivity index (χ4v) is 1.19. The Balaban J connectivity index is 2.72. The minimum Gasteiger partial charge on any atom is -0.394 e. The summed E-state index contributed by atoms with van der Waals surface area (Å²) in [6.07, 6.45) is 1.04. The van der Waals surface area contributed by atoms with E-state index < -0.39 is 28.8 Å². The van der Waals surface area contributed by atoms with Crippen LogP contribution in [0, 0.1) is 23.3 Å². The van der Waals surface area contributed by atoms with E-state index in [1.165, 1.54) is 0 Å². The highest BCUT2D eigenvalue weighted by molar-refractivity contribution is 5.70. The van der Waals surface area contributed by atoms with Gasteiger partial charge in [-0.25, -0.2) is 17.6 Å². The smallest absolute Gasteiger partial charge is 0.198 e. The van der Waals surface area contributed by atoms with Gasteiger partial charge in [0.05, 0.1) is 11.8 Å². The van der Waals surface area contributed by atoms with E-state index in [4.69, 9.17) is 5.73 Å². The molecule has 1 aromatic heterocycles. The van der Waals surface area contributed by atoms with Crippen LogP contribution in [0.15, 0.2) is 16.8 Å². The highest BCUT2D eigenvalue weighted by Gasteiger charge is 2.23. The number of hydrogen-bond donors (Lipinski definition) is 1. The van der Waals surface area contributed by atoms with Gasteiger partial charge < -0.3 is 10.3 Å². The fraction of sp³-hybridized carbons (Fsp3) is 0. The van der Waals surface area contributed by atoms with Crippen molar-refractivity contribution in [2.24, 2.45) is 0 Å². The molecule has 84 valence electrons. The zero-order valence-electron chi connectivity index (χ0n) is 7.60. The van der Waals surface area contributed by atoms with Gasteiger partial charge in [0.2, 0.25) is 0 Å². The molecule has 0 fully saturated rings. The summed E-state index contributed by atoms with van der Waals surface area (Å²) in [5.74, 6) is -7.28. The maximum Gasteiger partial charge on any atom is 0.198 e. The van der Waals surface area contributed by atoms with Gasteiger partial charge in [0.15, 0.2) is 29.0 Å². The van der Waals surface area contributed by atoms with E-state index in [1.54, 1.807) is 0 Å². The average molecular weight is 232 g/mol. The minimum absolute atomic E-state index is 0.107. The number of rotatable bonds is 1. The Morgan fingerprint density at radius 3 is 2.31 bits per heavy atom. The van der Waals surface area contributed by atoms with E-state index >= 15 is 0 Å². The van der Waals surface area contributed by atoms with Gasteiger partial charge >= 0.3 is 0 Å². The lowest BCUT2D eigenvalue weighted by atomic mass is 10.1. The number of anilines is 1. The van der Waals surface area contributed by atoms with E-state index in [2.05, 4.69) is 9.68 Å². The Labute approximate surface area is 86.5 Å². The standard InChI is InChI=1S/C9H4F4N2O/c10-4-1-3(6(11)8(13)7(4)12)9-5(14)2-15-16-9/h1-2H,14H2. The summed E-state index contributed by atoms with van der Waals surface area (Å²) >= 11 is 0. The van der Waals surface area contributed by atoms with Crippen LogP contribution in [-0.4, -0.2) is 5.16 Å². The van der Waals surface area contributed by atoms with Crippen LogP contribution < -0.4 is 5.73 Å². The van der Waals surface area contributed by atoms with E-state index in [1.807, 2.05) is 0 Å². The van der Waals surface area contributed by atoms with Crippen molar-refractivity contribution in [2.45, 2.75) is 0 Å². The number of nitrogens with two attached hydrogens (primary N) is 1. The summed E-state index contributed by atoms with van der Waals surface area (Å²) in [5.41, 5.74) is 4.59. The first-order valence-corrected chi connectivity index (χ1v) is 4.06. The molecule has 16 heavy (non-hydrogen) atoms. The van der Waals surface area contributed by atoms with E-state index in [0.29, 0.717) is 6.07 Å². The van der Waals surface area contributed by atoms with Crippen LogP contribution in [0.1, 0.15) is 0 Å². The van der Waals surface area contributed by atoms with Crippen LogP contribution in [0.2, 0.25) is 0 Å². The van der Waals surface area contributed by atoms with Crippen molar-refractivity contribution < 1.29 is 22.1 Å². The first kappa shape index (κ1) is 10.5. The topological polar surface area (TPSA) is 52.0 Å². The number of aromatic nitrogens is 1. The Kier molecular flexibility index (Phi) is 2.30.